The fraction of sp³-hybridized carbons (Fsp3) is 0.375. The number of furan rings is 1. The van der Waals surface area contributed by atoms with E-state index >= 15 is 0 Å². The number of aromatic nitrogens is 4. The second kappa shape index (κ2) is 7.34. The van der Waals surface area contributed by atoms with Crippen molar-refractivity contribution in [2.45, 2.75) is 24.1 Å². The number of fused-ring (bicyclic) bond motifs is 1. The minimum Gasteiger partial charge on any atom is -0.461 e. The third-order valence-electron chi connectivity index (χ3n) is 3.95. The maximum atomic E-state index is 12.1. The number of ether oxygens (including phenoxy) is 1. The second-order valence-electron chi connectivity index (χ2n) is 5.85. The SMILES string of the molecule is O=C(CSc1nc(-c2ccco2)nc2cc(=O)[nH]n12)NCC1CCCO1. The number of H-pyrrole nitrogens is 1. The van der Waals surface area contributed by atoms with E-state index in [0.29, 0.717) is 28.9 Å². The highest BCUT2D eigenvalue weighted by molar-refractivity contribution is 7.99. The summed E-state index contributed by atoms with van der Waals surface area (Å²) in [6.07, 6.45) is 3.63. The number of nitrogens with zero attached hydrogens (tertiary/aromatic N) is 3. The van der Waals surface area contributed by atoms with Crippen LogP contribution in [-0.2, 0) is 9.53 Å². The van der Waals surface area contributed by atoms with Gasteiger partial charge in [0.25, 0.3) is 5.56 Å². The Labute approximate surface area is 152 Å². The summed E-state index contributed by atoms with van der Waals surface area (Å²) < 4.78 is 12.3. The summed E-state index contributed by atoms with van der Waals surface area (Å²) in [5.74, 6) is 0.893. The van der Waals surface area contributed by atoms with Crippen LogP contribution in [0.4, 0.5) is 0 Å². The smallest absolute Gasteiger partial charge is 0.266 e. The van der Waals surface area contributed by atoms with Gasteiger partial charge in [-0.25, -0.2) is 9.50 Å². The van der Waals surface area contributed by atoms with Crippen LogP contribution >= 0.6 is 11.8 Å². The molecule has 3 aromatic heterocycles. The van der Waals surface area contributed by atoms with Crippen LogP contribution in [-0.4, -0.2) is 50.5 Å². The van der Waals surface area contributed by atoms with E-state index in [-0.39, 0.29) is 23.3 Å². The van der Waals surface area contributed by atoms with Crippen LogP contribution in [0.5, 0.6) is 0 Å². The van der Waals surface area contributed by atoms with Crippen LogP contribution < -0.4 is 10.9 Å². The molecule has 0 saturated carbocycles. The van der Waals surface area contributed by atoms with E-state index in [1.54, 1.807) is 12.1 Å². The van der Waals surface area contributed by atoms with Crippen LogP contribution in [0.2, 0.25) is 0 Å². The number of aromatic amines is 1. The Morgan fingerprint density at radius 2 is 2.38 bits per heavy atom. The Morgan fingerprint density at radius 1 is 1.46 bits per heavy atom. The molecule has 0 bridgehead atoms. The monoisotopic (exact) mass is 375 g/mol. The molecule has 0 aromatic carbocycles. The quantitative estimate of drug-likeness (QED) is 0.619. The number of thioether (sulfide) groups is 1. The lowest BCUT2D eigenvalue weighted by molar-refractivity contribution is -0.119. The highest BCUT2D eigenvalue weighted by Crippen LogP contribution is 2.21. The number of carbonyl (C=O) groups excluding carboxylic acids is 1. The Kier molecular flexibility index (Phi) is 4.76. The summed E-state index contributed by atoms with van der Waals surface area (Å²) >= 11 is 1.21. The van der Waals surface area contributed by atoms with E-state index in [0.717, 1.165) is 19.4 Å². The van der Waals surface area contributed by atoms with Crippen molar-refractivity contribution < 1.29 is 13.9 Å². The number of nitrogens with one attached hydrogen (secondary N) is 2. The van der Waals surface area contributed by atoms with Gasteiger partial charge in [-0.3, -0.25) is 14.7 Å². The molecule has 1 aliphatic heterocycles. The van der Waals surface area contributed by atoms with Crippen LogP contribution in [0.3, 0.4) is 0 Å². The molecule has 0 spiro atoms. The molecule has 1 fully saturated rings. The fourth-order valence-corrected chi connectivity index (χ4v) is 3.49. The maximum Gasteiger partial charge on any atom is 0.266 e. The molecule has 0 aliphatic carbocycles. The number of hydrogen-bond acceptors (Lipinski definition) is 7. The molecule has 136 valence electrons. The molecule has 1 atom stereocenters. The molecule has 4 rings (SSSR count). The maximum absolute atomic E-state index is 12.1. The van der Waals surface area contributed by atoms with Gasteiger partial charge < -0.3 is 14.5 Å². The van der Waals surface area contributed by atoms with Crippen molar-refractivity contribution in [2.75, 3.05) is 18.9 Å². The van der Waals surface area contributed by atoms with Gasteiger partial charge in [-0.1, -0.05) is 11.8 Å². The Bertz CT molecular complexity index is 959. The van der Waals surface area contributed by atoms with Gasteiger partial charge in [0.2, 0.25) is 5.91 Å². The number of carbonyl (C=O) groups is 1. The third kappa shape index (κ3) is 3.65. The minimum absolute atomic E-state index is 0.0982. The standard InChI is InChI=1S/C16H17N5O4S/c22-13-7-12-18-15(11-4-2-6-25-11)19-16(21(12)20-13)26-9-14(23)17-8-10-3-1-5-24-10/h2,4,6-7,10H,1,3,5,8-9H2,(H,17,23)(H,20,22). The molecule has 9 nitrogen and oxygen atoms in total. The minimum atomic E-state index is -0.291. The average Bonchev–Trinajstić information content (AvgIpc) is 3.37. The summed E-state index contributed by atoms with van der Waals surface area (Å²) in [6, 6.07) is 4.84. The topological polar surface area (TPSA) is 115 Å². The summed E-state index contributed by atoms with van der Waals surface area (Å²) in [7, 11) is 0. The van der Waals surface area contributed by atoms with Crippen molar-refractivity contribution in [1.82, 2.24) is 24.9 Å². The largest absolute Gasteiger partial charge is 0.461 e. The molecule has 26 heavy (non-hydrogen) atoms. The molecule has 3 aromatic rings. The van der Waals surface area contributed by atoms with Crippen molar-refractivity contribution >= 4 is 23.3 Å². The van der Waals surface area contributed by atoms with Crippen LogP contribution in [0.15, 0.2) is 38.8 Å². The Morgan fingerprint density at radius 3 is 3.15 bits per heavy atom. The van der Waals surface area contributed by atoms with Gasteiger partial charge in [0.15, 0.2) is 22.4 Å². The van der Waals surface area contributed by atoms with E-state index in [4.69, 9.17) is 9.15 Å². The van der Waals surface area contributed by atoms with Crippen molar-refractivity contribution in [3.8, 4) is 11.6 Å². The predicted molar refractivity (Wildman–Crippen MR) is 94.0 cm³/mol. The van der Waals surface area contributed by atoms with Gasteiger partial charge in [-0.15, -0.1) is 0 Å². The highest BCUT2D eigenvalue weighted by atomic mass is 32.2. The van der Waals surface area contributed by atoms with Crippen LogP contribution in [0.1, 0.15) is 12.8 Å². The first-order valence-corrected chi connectivity index (χ1v) is 9.22. The fourth-order valence-electron chi connectivity index (χ4n) is 2.71. The van der Waals surface area contributed by atoms with E-state index in [9.17, 15) is 9.59 Å². The van der Waals surface area contributed by atoms with Crippen LogP contribution in [0.25, 0.3) is 17.2 Å². The molecule has 1 unspecified atom stereocenters. The van der Waals surface area contributed by atoms with E-state index in [1.165, 1.54) is 28.6 Å². The predicted octanol–water partition coefficient (Wildman–Crippen LogP) is 1.06. The average molecular weight is 375 g/mol. The molecule has 10 heteroatoms. The number of amides is 1. The Balaban J connectivity index is 1.49. The first kappa shape index (κ1) is 16.9. The number of rotatable bonds is 6. The molecule has 1 amide bonds. The van der Waals surface area contributed by atoms with E-state index in [1.807, 2.05) is 0 Å². The van der Waals surface area contributed by atoms with Gasteiger partial charge in [-0.2, -0.15) is 4.98 Å². The molecule has 2 N–H and O–H groups in total. The third-order valence-corrected chi connectivity index (χ3v) is 4.89. The highest BCUT2D eigenvalue weighted by Gasteiger charge is 2.17. The molecule has 1 aliphatic rings. The first-order chi connectivity index (χ1) is 12.7. The van der Waals surface area contributed by atoms with Crippen LogP contribution in [0, 0.1) is 0 Å². The molecular formula is C16H17N5O4S. The summed E-state index contributed by atoms with van der Waals surface area (Å²) in [4.78, 5) is 32.5. The van der Waals surface area contributed by atoms with Gasteiger partial charge in [0.05, 0.1) is 18.1 Å². The lowest BCUT2D eigenvalue weighted by Gasteiger charge is -2.10. The van der Waals surface area contributed by atoms with E-state index < -0.39 is 0 Å². The zero-order valence-corrected chi connectivity index (χ0v) is 14.6. The van der Waals surface area contributed by atoms with Crippen molar-refractivity contribution in [3.05, 3.63) is 34.8 Å². The summed E-state index contributed by atoms with van der Waals surface area (Å²) in [5.41, 5.74) is 0.124. The normalized spacial score (nSPS) is 17.0. The lowest BCUT2D eigenvalue weighted by atomic mass is 10.2. The van der Waals surface area contributed by atoms with Gasteiger partial charge in [0, 0.05) is 19.2 Å². The van der Waals surface area contributed by atoms with Gasteiger partial charge in [0.1, 0.15) is 0 Å². The first-order valence-electron chi connectivity index (χ1n) is 8.24. The molecule has 0 radical (unpaired) electrons. The van der Waals surface area contributed by atoms with E-state index in [2.05, 4.69) is 20.4 Å². The second-order valence-corrected chi connectivity index (χ2v) is 6.79. The molecular weight excluding hydrogens is 358 g/mol. The number of hydrogen-bond donors (Lipinski definition) is 2. The van der Waals surface area contributed by atoms with Crippen molar-refractivity contribution in [2.24, 2.45) is 0 Å². The summed E-state index contributed by atoms with van der Waals surface area (Å²) in [6.45, 7) is 1.27. The van der Waals surface area contributed by atoms with Crippen molar-refractivity contribution in [3.63, 3.8) is 0 Å². The van der Waals surface area contributed by atoms with Gasteiger partial charge >= 0.3 is 0 Å². The zero-order valence-electron chi connectivity index (χ0n) is 13.8. The zero-order chi connectivity index (χ0) is 17.9. The lowest BCUT2D eigenvalue weighted by Crippen LogP contribution is -2.33. The molecule has 1 saturated heterocycles. The Hall–Kier alpha value is -2.59. The van der Waals surface area contributed by atoms with Crippen molar-refractivity contribution in [1.29, 1.82) is 0 Å². The summed E-state index contributed by atoms with van der Waals surface area (Å²) in [5, 5.41) is 5.95. The molecule has 4 heterocycles. The van der Waals surface area contributed by atoms with Gasteiger partial charge in [-0.05, 0) is 25.0 Å².